The minimum atomic E-state index is -0.495. The molecule has 0 aliphatic carbocycles. The smallest absolute Gasteiger partial charge is 0.326 e. The molecule has 0 atom stereocenters. The van der Waals surface area contributed by atoms with E-state index < -0.39 is 6.03 Å². The number of carbonyl (C=O) groups is 2. The van der Waals surface area contributed by atoms with Crippen LogP contribution in [0.15, 0.2) is 18.2 Å². The first kappa shape index (κ1) is 17.1. The molecule has 0 bridgehead atoms. The number of aryl methyl sites for hydroxylation is 2. The van der Waals surface area contributed by atoms with Crippen molar-refractivity contribution in [2.75, 3.05) is 28.3 Å². The number of anilines is 4. The summed E-state index contributed by atoms with van der Waals surface area (Å²) in [6.07, 6.45) is 0. The van der Waals surface area contributed by atoms with E-state index in [2.05, 4.69) is 36.2 Å². The van der Waals surface area contributed by atoms with Gasteiger partial charge in [-0.3, -0.25) is 10.1 Å². The maximum absolute atomic E-state index is 12.1. The van der Waals surface area contributed by atoms with Gasteiger partial charge in [0, 0.05) is 25.3 Å². The number of amides is 3. The van der Waals surface area contributed by atoms with Gasteiger partial charge in [-0.15, -0.1) is 0 Å². The average Bonchev–Trinajstić information content (AvgIpc) is 2.49. The number of benzene rings is 1. The Balaban J connectivity index is 2.12. The number of carbonyl (C=O) groups excluding carboxylic acids is 2. The molecule has 1 aromatic carbocycles. The molecule has 9 heteroatoms. The van der Waals surface area contributed by atoms with Gasteiger partial charge in [0.25, 0.3) is 0 Å². The van der Waals surface area contributed by atoms with Crippen LogP contribution in [-0.2, 0) is 4.79 Å². The Bertz CT molecular complexity index is 776. The normalized spacial score (nSPS) is 10.0. The summed E-state index contributed by atoms with van der Waals surface area (Å²) in [6.45, 7) is 4.97. The molecule has 24 heavy (non-hydrogen) atoms. The summed E-state index contributed by atoms with van der Waals surface area (Å²) in [5.74, 6) is 0.796. The Morgan fingerprint density at radius 2 is 1.67 bits per heavy atom. The van der Waals surface area contributed by atoms with Crippen LogP contribution in [0.5, 0.6) is 0 Å². The van der Waals surface area contributed by atoms with Crippen molar-refractivity contribution in [3.05, 3.63) is 29.6 Å². The van der Waals surface area contributed by atoms with Crippen molar-refractivity contribution >= 4 is 35.2 Å². The van der Waals surface area contributed by atoms with E-state index in [4.69, 9.17) is 0 Å². The standard InChI is InChI=1S/C15H19N7O2/c1-8-5-6-11(19-10(3)23)7-12(8)20-15(24)22-14-18-9(2)17-13(16-4)21-14/h5-7H,1-4H3,(H,19,23)(H3,16,17,18,20,21,22,24). The molecule has 0 radical (unpaired) electrons. The molecule has 0 fully saturated rings. The van der Waals surface area contributed by atoms with Gasteiger partial charge in [0.1, 0.15) is 5.82 Å². The summed E-state index contributed by atoms with van der Waals surface area (Å²) in [5.41, 5.74) is 2.01. The number of nitrogens with one attached hydrogen (secondary N) is 4. The second kappa shape index (κ2) is 7.36. The lowest BCUT2D eigenvalue weighted by atomic mass is 10.2. The monoisotopic (exact) mass is 329 g/mol. The zero-order valence-corrected chi connectivity index (χ0v) is 13.9. The van der Waals surface area contributed by atoms with Gasteiger partial charge in [-0.1, -0.05) is 6.07 Å². The minimum absolute atomic E-state index is 0.139. The third-order valence-electron chi connectivity index (χ3n) is 3.00. The molecule has 0 saturated carbocycles. The van der Waals surface area contributed by atoms with E-state index >= 15 is 0 Å². The van der Waals surface area contributed by atoms with Crippen LogP contribution in [0.25, 0.3) is 0 Å². The molecule has 0 unspecified atom stereocenters. The highest BCUT2D eigenvalue weighted by atomic mass is 16.2. The first-order valence-electron chi connectivity index (χ1n) is 7.24. The molecule has 126 valence electrons. The topological polar surface area (TPSA) is 121 Å². The molecule has 9 nitrogen and oxygen atoms in total. The molecule has 2 aromatic rings. The number of aromatic nitrogens is 3. The van der Waals surface area contributed by atoms with Crippen LogP contribution >= 0.6 is 0 Å². The van der Waals surface area contributed by atoms with Crippen LogP contribution in [0, 0.1) is 13.8 Å². The number of rotatable bonds is 4. The first-order valence-corrected chi connectivity index (χ1v) is 7.24. The molecular formula is C15H19N7O2. The first-order chi connectivity index (χ1) is 11.4. The molecule has 1 aromatic heterocycles. The number of hydrogen-bond acceptors (Lipinski definition) is 6. The van der Waals surface area contributed by atoms with Crippen molar-refractivity contribution in [2.24, 2.45) is 0 Å². The van der Waals surface area contributed by atoms with Crippen LogP contribution < -0.4 is 21.3 Å². The van der Waals surface area contributed by atoms with Gasteiger partial charge in [-0.05, 0) is 31.5 Å². The van der Waals surface area contributed by atoms with Gasteiger partial charge in [-0.25, -0.2) is 4.79 Å². The van der Waals surface area contributed by atoms with Crippen molar-refractivity contribution in [1.82, 2.24) is 15.0 Å². The Hall–Kier alpha value is -3.23. The van der Waals surface area contributed by atoms with Crippen molar-refractivity contribution < 1.29 is 9.59 Å². The lowest BCUT2D eigenvalue weighted by Crippen LogP contribution is -2.22. The van der Waals surface area contributed by atoms with E-state index in [0.717, 1.165) is 5.56 Å². The molecule has 4 N–H and O–H groups in total. The van der Waals surface area contributed by atoms with Crippen LogP contribution in [0.2, 0.25) is 0 Å². The zero-order chi connectivity index (χ0) is 17.7. The molecule has 2 rings (SSSR count). The quantitative estimate of drug-likeness (QED) is 0.682. The largest absolute Gasteiger partial charge is 0.357 e. The summed E-state index contributed by atoms with van der Waals surface area (Å²) < 4.78 is 0. The maximum atomic E-state index is 12.1. The van der Waals surface area contributed by atoms with E-state index in [1.807, 2.05) is 6.92 Å². The zero-order valence-electron chi connectivity index (χ0n) is 13.9. The number of nitrogens with zero attached hydrogens (tertiary/aromatic N) is 3. The fourth-order valence-corrected chi connectivity index (χ4v) is 1.94. The summed E-state index contributed by atoms with van der Waals surface area (Å²) in [4.78, 5) is 35.4. The Labute approximate surface area is 139 Å². The van der Waals surface area contributed by atoms with Crippen LogP contribution in [0.3, 0.4) is 0 Å². The molecule has 0 aliphatic rings. The number of hydrogen-bond donors (Lipinski definition) is 4. The summed E-state index contributed by atoms with van der Waals surface area (Å²) in [6, 6.07) is 4.74. The maximum Gasteiger partial charge on any atom is 0.326 e. The lowest BCUT2D eigenvalue weighted by Gasteiger charge is -2.11. The predicted molar refractivity (Wildman–Crippen MR) is 92.2 cm³/mol. The molecule has 0 saturated heterocycles. The molecule has 0 aliphatic heterocycles. The third kappa shape index (κ3) is 4.63. The van der Waals surface area contributed by atoms with E-state index in [1.165, 1.54) is 6.92 Å². The fourth-order valence-electron chi connectivity index (χ4n) is 1.94. The van der Waals surface area contributed by atoms with Crippen molar-refractivity contribution in [1.29, 1.82) is 0 Å². The van der Waals surface area contributed by atoms with Crippen LogP contribution in [-0.4, -0.2) is 33.9 Å². The Kier molecular flexibility index (Phi) is 5.25. The Morgan fingerprint density at radius 3 is 2.33 bits per heavy atom. The molecular weight excluding hydrogens is 310 g/mol. The SMILES string of the molecule is CNc1nc(C)nc(NC(=O)Nc2cc(NC(C)=O)ccc2C)n1. The van der Waals surface area contributed by atoms with E-state index in [0.29, 0.717) is 23.1 Å². The van der Waals surface area contributed by atoms with Crippen LogP contribution in [0.4, 0.5) is 28.1 Å². The highest BCUT2D eigenvalue weighted by Crippen LogP contribution is 2.20. The highest BCUT2D eigenvalue weighted by molar-refractivity contribution is 6.00. The number of urea groups is 1. The molecule has 1 heterocycles. The van der Waals surface area contributed by atoms with Gasteiger partial charge in [0.05, 0.1) is 0 Å². The molecule has 3 amide bonds. The van der Waals surface area contributed by atoms with Gasteiger partial charge in [0.2, 0.25) is 17.8 Å². The Morgan fingerprint density at radius 1 is 0.958 bits per heavy atom. The third-order valence-corrected chi connectivity index (χ3v) is 3.00. The van der Waals surface area contributed by atoms with Gasteiger partial charge in [-0.2, -0.15) is 15.0 Å². The van der Waals surface area contributed by atoms with Gasteiger partial charge >= 0.3 is 6.03 Å². The molecule has 0 spiro atoms. The second-order valence-corrected chi connectivity index (χ2v) is 5.07. The van der Waals surface area contributed by atoms with Crippen molar-refractivity contribution in [3.8, 4) is 0 Å². The highest BCUT2D eigenvalue weighted by Gasteiger charge is 2.09. The average molecular weight is 329 g/mol. The minimum Gasteiger partial charge on any atom is -0.357 e. The lowest BCUT2D eigenvalue weighted by molar-refractivity contribution is -0.114. The van der Waals surface area contributed by atoms with Crippen molar-refractivity contribution in [2.45, 2.75) is 20.8 Å². The van der Waals surface area contributed by atoms with E-state index in [-0.39, 0.29) is 11.9 Å². The summed E-state index contributed by atoms with van der Waals surface area (Å²) in [7, 11) is 1.68. The van der Waals surface area contributed by atoms with Crippen molar-refractivity contribution in [3.63, 3.8) is 0 Å². The van der Waals surface area contributed by atoms with Gasteiger partial charge in [0.15, 0.2) is 0 Å². The fraction of sp³-hybridized carbons (Fsp3) is 0.267. The second-order valence-electron chi connectivity index (χ2n) is 5.07. The van der Waals surface area contributed by atoms with E-state index in [9.17, 15) is 9.59 Å². The summed E-state index contributed by atoms with van der Waals surface area (Å²) in [5, 5.41) is 10.7. The van der Waals surface area contributed by atoms with E-state index in [1.54, 1.807) is 32.2 Å². The van der Waals surface area contributed by atoms with Gasteiger partial charge < -0.3 is 16.0 Å². The summed E-state index contributed by atoms with van der Waals surface area (Å²) >= 11 is 0. The van der Waals surface area contributed by atoms with Crippen LogP contribution in [0.1, 0.15) is 18.3 Å². The predicted octanol–water partition coefficient (Wildman–Crippen LogP) is 2.13.